The van der Waals surface area contributed by atoms with Crippen LogP contribution >= 0.6 is 0 Å². The lowest BCUT2D eigenvalue weighted by molar-refractivity contribution is -0.127. The maximum Gasteiger partial charge on any atom is 0.256 e. The molecule has 2 aliphatic heterocycles. The van der Waals surface area contributed by atoms with Gasteiger partial charge in [-0.05, 0) is 70.9 Å². The summed E-state index contributed by atoms with van der Waals surface area (Å²) in [6.07, 6.45) is 2.08. The normalized spacial score (nSPS) is 16.2. The van der Waals surface area contributed by atoms with Gasteiger partial charge in [0.15, 0.2) is 5.75 Å². The topological polar surface area (TPSA) is 122 Å². The molecule has 232 valence electrons. The van der Waals surface area contributed by atoms with E-state index in [0.29, 0.717) is 46.9 Å². The molecule has 0 radical (unpaired) electrons. The van der Waals surface area contributed by atoms with Gasteiger partial charge in [0.25, 0.3) is 17.7 Å². The molecule has 0 bridgehead atoms. The van der Waals surface area contributed by atoms with Crippen LogP contribution < -0.4 is 21.0 Å². The highest BCUT2D eigenvalue weighted by molar-refractivity contribution is 6.35. The van der Waals surface area contributed by atoms with Crippen LogP contribution in [-0.4, -0.2) is 91.3 Å². The molecule has 1 saturated heterocycles. The predicted octanol–water partition coefficient (Wildman–Crippen LogP) is 3.49. The number of benzene rings is 2. The Labute approximate surface area is 258 Å². The Morgan fingerprint density at radius 2 is 1.77 bits per heavy atom. The number of amides is 3. The van der Waals surface area contributed by atoms with Crippen LogP contribution in [0.4, 0.5) is 11.4 Å². The molecule has 0 saturated carbocycles. The van der Waals surface area contributed by atoms with Crippen molar-refractivity contribution in [3.63, 3.8) is 0 Å². The van der Waals surface area contributed by atoms with Crippen LogP contribution in [-0.2, 0) is 16.1 Å². The number of likely N-dealkylation sites (N-methyl/N-ethyl adjacent to an activating group) is 1. The van der Waals surface area contributed by atoms with Crippen molar-refractivity contribution in [2.75, 3.05) is 64.5 Å². The van der Waals surface area contributed by atoms with Crippen molar-refractivity contribution < 1.29 is 19.2 Å². The highest BCUT2D eigenvalue weighted by Gasteiger charge is 2.26. The SMILES string of the molecule is Cc1[nH]c(/C=C2\C(=O)Nc3cc(NC(=O)c4ccc(CN5CCN(C)CC5)cc4)ccc32)c(C)c1ONC(=O)CCN(C)C. The number of aryl methyl sites for hydroxylation is 1. The Morgan fingerprint density at radius 3 is 2.48 bits per heavy atom. The fraction of sp³-hybridized carbons (Fsp3) is 0.364. The quantitative estimate of drug-likeness (QED) is 0.208. The van der Waals surface area contributed by atoms with Crippen LogP contribution in [0, 0.1) is 13.8 Å². The van der Waals surface area contributed by atoms with Crippen LogP contribution in [0.15, 0.2) is 42.5 Å². The van der Waals surface area contributed by atoms with E-state index in [1.165, 1.54) is 5.56 Å². The number of anilines is 2. The van der Waals surface area contributed by atoms with E-state index >= 15 is 0 Å². The molecule has 2 aromatic carbocycles. The minimum atomic E-state index is -0.245. The molecule has 11 heteroatoms. The molecular formula is C33H41N7O4. The van der Waals surface area contributed by atoms with Gasteiger partial charge in [0.1, 0.15) is 0 Å². The number of H-pyrrole nitrogens is 1. The Hall–Kier alpha value is -4.45. The second kappa shape index (κ2) is 13.5. The van der Waals surface area contributed by atoms with Crippen molar-refractivity contribution in [3.05, 3.63) is 76.1 Å². The van der Waals surface area contributed by atoms with E-state index in [1.807, 2.05) is 63.2 Å². The van der Waals surface area contributed by atoms with Gasteiger partial charge in [0.05, 0.1) is 17.0 Å². The van der Waals surface area contributed by atoms with Crippen molar-refractivity contribution in [2.45, 2.75) is 26.8 Å². The summed E-state index contributed by atoms with van der Waals surface area (Å²) in [7, 11) is 5.95. The fourth-order valence-electron chi connectivity index (χ4n) is 5.33. The number of nitrogens with zero attached hydrogens (tertiary/aromatic N) is 3. The lowest BCUT2D eigenvalue weighted by atomic mass is 10.0. The largest absolute Gasteiger partial charge is 0.377 e. The number of nitrogens with one attached hydrogen (secondary N) is 4. The lowest BCUT2D eigenvalue weighted by Crippen LogP contribution is -2.43. The van der Waals surface area contributed by atoms with E-state index in [2.05, 4.69) is 37.9 Å². The van der Waals surface area contributed by atoms with Gasteiger partial charge < -0.3 is 30.3 Å². The number of hydrogen-bond acceptors (Lipinski definition) is 7. The number of carbonyl (C=O) groups is 3. The Morgan fingerprint density at radius 1 is 1.05 bits per heavy atom. The summed E-state index contributed by atoms with van der Waals surface area (Å²) in [5.74, 6) is -0.163. The van der Waals surface area contributed by atoms with Crippen LogP contribution in [0.1, 0.15) is 44.9 Å². The summed E-state index contributed by atoms with van der Waals surface area (Å²) >= 11 is 0. The Bertz CT molecular complexity index is 1570. The van der Waals surface area contributed by atoms with Crippen molar-refractivity contribution >= 4 is 40.7 Å². The maximum absolute atomic E-state index is 13.0. The number of hydroxylamine groups is 1. The number of aromatic nitrogens is 1. The minimum Gasteiger partial charge on any atom is -0.377 e. The van der Waals surface area contributed by atoms with Gasteiger partial charge in [-0.1, -0.05) is 18.2 Å². The summed E-state index contributed by atoms with van der Waals surface area (Å²) in [6.45, 7) is 9.42. The molecule has 0 aliphatic carbocycles. The van der Waals surface area contributed by atoms with Gasteiger partial charge in [-0.15, -0.1) is 0 Å². The number of rotatable bonds is 10. The number of aromatic amines is 1. The molecule has 4 N–H and O–H groups in total. The monoisotopic (exact) mass is 599 g/mol. The van der Waals surface area contributed by atoms with Gasteiger partial charge in [-0.2, -0.15) is 5.48 Å². The van der Waals surface area contributed by atoms with Crippen molar-refractivity contribution in [3.8, 4) is 5.75 Å². The van der Waals surface area contributed by atoms with Crippen LogP contribution in [0.5, 0.6) is 5.75 Å². The summed E-state index contributed by atoms with van der Waals surface area (Å²) < 4.78 is 0. The van der Waals surface area contributed by atoms with Crippen LogP contribution in [0.25, 0.3) is 11.6 Å². The highest BCUT2D eigenvalue weighted by Crippen LogP contribution is 2.36. The van der Waals surface area contributed by atoms with Gasteiger partial charge in [0, 0.05) is 73.8 Å². The predicted molar refractivity (Wildman–Crippen MR) is 172 cm³/mol. The number of fused-ring (bicyclic) bond motifs is 1. The zero-order valence-electron chi connectivity index (χ0n) is 26.0. The number of piperazine rings is 1. The lowest BCUT2D eigenvalue weighted by Gasteiger charge is -2.32. The third kappa shape index (κ3) is 7.36. The zero-order valence-corrected chi connectivity index (χ0v) is 26.0. The average Bonchev–Trinajstić information content (AvgIpc) is 3.45. The van der Waals surface area contributed by atoms with E-state index in [0.717, 1.165) is 49.5 Å². The first kappa shape index (κ1) is 31.0. The average molecular weight is 600 g/mol. The zero-order chi connectivity index (χ0) is 31.4. The molecule has 0 atom stereocenters. The summed E-state index contributed by atoms with van der Waals surface area (Å²) in [5, 5.41) is 5.85. The third-order valence-corrected chi connectivity index (χ3v) is 8.03. The molecule has 2 aliphatic rings. The van der Waals surface area contributed by atoms with E-state index in [9.17, 15) is 14.4 Å². The van der Waals surface area contributed by atoms with Gasteiger partial charge in [-0.3, -0.25) is 19.3 Å². The first-order valence-electron chi connectivity index (χ1n) is 14.9. The first-order chi connectivity index (χ1) is 21.1. The molecule has 0 unspecified atom stereocenters. The van der Waals surface area contributed by atoms with E-state index < -0.39 is 0 Å². The highest BCUT2D eigenvalue weighted by atomic mass is 16.7. The minimum absolute atomic E-state index is 0.213. The van der Waals surface area contributed by atoms with Gasteiger partial charge in [-0.25, -0.2) is 0 Å². The summed E-state index contributed by atoms with van der Waals surface area (Å²) in [5.41, 5.74) is 8.87. The molecule has 44 heavy (non-hydrogen) atoms. The Kier molecular flexibility index (Phi) is 9.48. The summed E-state index contributed by atoms with van der Waals surface area (Å²) in [6, 6.07) is 13.1. The van der Waals surface area contributed by atoms with E-state index in [-0.39, 0.29) is 17.7 Å². The van der Waals surface area contributed by atoms with E-state index in [4.69, 9.17) is 4.84 Å². The number of hydrogen-bond donors (Lipinski definition) is 4. The van der Waals surface area contributed by atoms with Crippen molar-refractivity contribution in [1.82, 2.24) is 25.2 Å². The Balaban J connectivity index is 1.23. The molecule has 11 nitrogen and oxygen atoms in total. The van der Waals surface area contributed by atoms with E-state index in [1.54, 1.807) is 18.2 Å². The molecule has 3 aromatic rings. The van der Waals surface area contributed by atoms with Crippen LogP contribution in [0.2, 0.25) is 0 Å². The molecule has 1 fully saturated rings. The molecule has 3 heterocycles. The second-order valence-electron chi connectivity index (χ2n) is 11.8. The van der Waals surface area contributed by atoms with Gasteiger partial charge >= 0.3 is 0 Å². The molecule has 3 amide bonds. The fourth-order valence-corrected chi connectivity index (χ4v) is 5.33. The second-order valence-corrected chi connectivity index (χ2v) is 11.8. The van der Waals surface area contributed by atoms with Crippen LogP contribution in [0.3, 0.4) is 0 Å². The molecule has 1 aromatic heterocycles. The molecular weight excluding hydrogens is 558 g/mol. The molecule has 5 rings (SSSR count). The summed E-state index contributed by atoms with van der Waals surface area (Å²) in [4.78, 5) is 53.6. The molecule has 0 spiro atoms. The smallest absolute Gasteiger partial charge is 0.256 e. The van der Waals surface area contributed by atoms with Crippen molar-refractivity contribution in [1.29, 1.82) is 0 Å². The van der Waals surface area contributed by atoms with Crippen molar-refractivity contribution in [2.24, 2.45) is 0 Å². The standard InChI is InChI=1S/C33H41N7O4/c1-21-28(34-22(2)31(21)44-37-30(41)12-13-38(3)4)19-27-26-11-10-25(18-29(26)36-33(27)43)35-32(42)24-8-6-23(7-9-24)20-40-16-14-39(5)15-17-40/h6-11,18-19,34H,12-17,20H2,1-5H3,(H,35,42)(H,36,43)(H,37,41)/b27-19-. The van der Waals surface area contributed by atoms with Gasteiger partial charge in [0.2, 0.25) is 0 Å². The third-order valence-electron chi connectivity index (χ3n) is 8.03. The number of carbonyl (C=O) groups excluding carboxylic acids is 3. The first-order valence-corrected chi connectivity index (χ1v) is 14.9. The maximum atomic E-state index is 13.0.